The van der Waals surface area contributed by atoms with Gasteiger partial charge in [0.05, 0.1) is 6.61 Å². The minimum absolute atomic E-state index is 0.118. The van der Waals surface area contributed by atoms with E-state index in [1.807, 2.05) is 12.1 Å². The summed E-state index contributed by atoms with van der Waals surface area (Å²) in [6.45, 7) is 2.31. The Bertz CT molecular complexity index is 521. The van der Waals surface area contributed by atoms with Crippen molar-refractivity contribution < 1.29 is 5.11 Å². The van der Waals surface area contributed by atoms with Crippen molar-refractivity contribution in [1.29, 1.82) is 0 Å². The second-order valence-electron chi connectivity index (χ2n) is 5.17. The molecule has 2 heteroatoms. The number of anilines is 1. The van der Waals surface area contributed by atoms with Gasteiger partial charge in [-0.2, -0.15) is 0 Å². The molecule has 0 amide bonds. The van der Waals surface area contributed by atoms with E-state index in [4.69, 9.17) is 5.11 Å². The quantitative estimate of drug-likeness (QED) is 0.908. The Kier molecular flexibility index (Phi) is 3.51. The summed E-state index contributed by atoms with van der Waals surface area (Å²) in [5.74, 6) is 0.638. The van der Waals surface area contributed by atoms with Gasteiger partial charge in [0.1, 0.15) is 0 Å². The third kappa shape index (κ3) is 2.64. The van der Waals surface area contributed by atoms with Gasteiger partial charge in [0.2, 0.25) is 0 Å². The molecule has 2 aromatic carbocycles. The molecular weight excluding hydrogens is 234 g/mol. The first-order chi connectivity index (χ1) is 9.36. The van der Waals surface area contributed by atoms with Crippen molar-refractivity contribution in [1.82, 2.24) is 0 Å². The first-order valence-electron chi connectivity index (χ1n) is 6.86. The van der Waals surface area contributed by atoms with E-state index < -0.39 is 0 Å². The van der Waals surface area contributed by atoms with E-state index in [9.17, 15) is 0 Å². The van der Waals surface area contributed by atoms with Gasteiger partial charge in [-0.1, -0.05) is 42.5 Å². The van der Waals surface area contributed by atoms with Gasteiger partial charge < -0.3 is 10.0 Å². The average molecular weight is 253 g/mol. The maximum absolute atomic E-state index is 9.07. The first-order valence-corrected chi connectivity index (χ1v) is 6.86. The van der Waals surface area contributed by atoms with Gasteiger partial charge in [0.15, 0.2) is 0 Å². The monoisotopic (exact) mass is 253 g/mol. The number of aliphatic hydroxyl groups is 1. The standard InChI is InChI=1S/C17H19NO/c19-13-14-6-8-17(9-7-14)18-11-10-16(12-18)15-4-2-1-3-5-15/h1-9,16,19H,10-13H2. The molecule has 1 atom stereocenters. The zero-order valence-electron chi connectivity index (χ0n) is 11.0. The molecule has 19 heavy (non-hydrogen) atoms. The number of aliphatic hydroxyl groups excluding tert-OH is 1. The number of hydrogen-bond acceptors (Lipinski definition) is 2. The van der Waals surface area contributed by atoms with Gasteiger partial charge in [-0.25, -0.2) is 0 Å². The van der Waals surface area contributed by atoms with Crippen LogP contribution in [-0.4, -0.2) is 18.2 Å². The summed E-state index contributed by atoms with van der Waals surface area (Å²) < 4.78 is 0. The third-order valence-corrected chi connectivity index (χ3v) is 3.94. The maximum Gasteiger partial charge on any atom is 0.0681 e. The van der Waals surface area contributed by atoms with Crippen LogP contribution in [0.5, 0.6) is 0 Å². The highest BCUT2D eigenvalue weighted by atomic mass is 16.3. The molecule has 2 nitrogen and oxygen atoms in total. The van der Waals surface area contributed by atoms with Crippen LogP contribution in [0, 0.1) is 0 Å². The summed E-state index contributed by atoms with van der Waals surface area (Å²) >= 11 is 0. The summed E-state index contributed by atoms with van der Waals surface area (Å²) in [6, 6.07) is 19.0. The van der Waals surface area contributed by atoms with Crippen molar-refractivity contribution in [3.63, 3.8) is 0 Å². The lowest BCUT2D eigenvalue weighted by atomic mass is 9.99. The molecule has 1 N–H and O–H groups in total. The molecular formula is C17H19NO. The molecule has 1 aliphatic heterocycles. The zero-order valence-corrected chi connectivity index (χ0v) is 11.0. The second-order valence-corrected chi connectivity index (χ2v) is 5.17. The van der Waals surface area contributed by atoms with E-state index >= 15 is 0 Å². The summed E-state index contributed by atoms with van der Waals surface area (Å²) in [4.78, 5) is 2.43. The summed E-state index contributed by atoms with van der Waals surface area (Å²) in [5, 5.41) is 9.07. The number of benzene rings is 2. The smallest absolute Gasteiger partial charge is 0.0681 e. The minimum Gasteiger partial charge on any atom is -0.392 e. The highest BCUT2D eigenvalue weighted by Crippen LogP contribution is 2.30. The van der Waals surface area contributed by atoms with Crippen molar-refractivity contribution in [2.45, 2.75) is 18.9 Å². The molecule has 0 aromatic heterocycles. The summed E-state index contributed by atoms with van der Waals surface area (Å²) in [7, 11) is 0. The Morgan fingerprint density at radius 2 is 1.74 bits per heavy atom. The van der Waals surface area contributed by atoms with E-state index in [0.29, 0.717) is 5.92 Å². The van der Waals surface area contributed by atoms with Crippen LogP contribution in [0.1, 0.15) is 23.5 Å². The molecule has 2 aromatic rings. The molecule has 1 aliphatic rings. The third-order valence-electron chi connectivity index (χ3n) is 3.94. The Morgan fingerprint density at radius 1 is 1.00 bits per heavy atom. The first kappa shape index (κ1) is 12.2. The predicted molar refractivity (Wildman–Crippen MR) is 78.4 cm³/mol. The maximum atomic E-state index is 9.07. The fourth-order valence-corrected chi connectivity index (χ4v) is 2.80. The van der Waals surface area contributed by atoms with Gasteiger partial charge in [-0.15, -0.1) is 0 Å². The van der Waals surface area contributed by atoms with Gasteiger partial charge in [-0.3, -0.25) is 0 Å². The molecule has 0 aliphatic carbocycles. The minimum atomic E-state index is 0.118. The Labute approximate surface area is 114 Å². The molecule has 1 fully saturated rings. The van der Waals surface area contributed by atoms with Crippen LogP contribution < -0.4 is 4.90 Å². The highest BCUT2D eigenvalue weighted by Gasteiger charge is 2.23. The van der Waals surface area contributed by atoms with Gasteiger partial charge >= 0.3 is 0 Å². The fraction of sp³-hybridized carbons (Fsp3) is 0.294. The highest BCUT2D eigenvalue weighted by molar-refractivity contribution is 5.49. The van der Waals surface area contributed by atoms with Crippen LogP contribution in [0.25, 0.3) is 0 Å². The van der Waals surface area contributed by atoms with Gasteiger partial charge in [0.25, 0.3) is 0 Å². The van der Waals surface area contributed by atoms with E-state index in [-0.39, 0.29) is 6.61 Å². The number of hydrogen-bond donors (Lipinski definition) is 1. The second kappa shape index (κ2) is 5.45. The normalized spacial score (nSPS) is 18.8. The molecule has 3 rings (SSSR count). The van der Waals surface area contributed by atoms with Gasteiger partial charge in [0, 0.05) is 24.7 Å². The molecule has 0 radical (unpaired) electrons. The fourth-order valence-electron chi connectivity index (χ4n) is 2.80. The van der Waals surface area contributed by atoms with Gasteiger partial charge in [-0.05, 0) is 29.7 Å². The lowest BCUT2D eigenvalue weighted by Gasteiger charge is -2.19. The largest absolute Gasteiger partial charge is 0.392 e. The van der Waals surface area contributed by atoms with Crippen LogP contribution in [0.2, 0.25) is 0 Å². The molecule has 1 saturated heterocycles. The van der Waals surface area contributed by atoms with E-state index in [2.05, 4.69) is 47.4 Å². The Hall–Kier alpha value is -1.80. The summed E-state index contributed by atoms with van der Waals surface area (Å²) in [5.41, 5.74) is 3.68. The number of rotatable bonds is 3. The predicted octanol–water partition coefficient (Wildman–Crippen LogP) is 3.17. The van der Waals surface area contributed by atoms with Crippen molar-refractivity contribution in [3.8, 4) is 0 Å². The molecule has 0 saturated carbocycles. The summed E-state index contributed by atoms with van der Waals surface area (Å²) in [6.07, 6.45) is 1.21. The molecule has 0 spiro atoms. The van der Waals surface area contributed by atoms with Crippen molar-refractivity contribution >= 4 is 5.69 Å². The number of nitrogens with zero attached hydrogens (tertiary/aromatic N) is 1. The molecule has 1 heterocycles. The SMILES string of the molecule is OCc1ccc(N2CCC(c3ccccc3)C2)cc1. The lowest BCUT2D eigenvalue weighted by molar-refractivity contribution is 0.282. The van der Waals surface area contributed by atoms with Crippen molar-refractivity contribution in [3.05, 3.63) is 65.7 Å². The Morgan fingerprint density at radius 3 is 2.42 bits per heavy atom. The topological polar surface area (TPSA) is 23.5 Å². The lowest BCUT2D eigenvalue weighted by Crippen LogP contribution is -2.19. The average Bonchev–Trinajstić information content (AvgIpc) is 2.98. The van der Waals surface area contributed by atoms with Crippen LogP contribution in [-0.2, 0) is 6.61 Å². The van der Waals surface area contributed by atoms with Crippen LogP contribution in [0.15, 0.2) is 54.6 Å². The van der Waals surface area contributed by atoms with Crippen molar-refractivity contribution in [2.24, 2.45) is 0 Å². The van der Waals surface area contributed by atoms with E-state index in [1.165, 1.54) is 17.7 Å². The molecule has 98 valence electrons. The Balaban J connectivity index is 1.71. The van der Waals surface area contributed by atoms with Crippen LogP contribution >= 0.6 is 0 Å². The van der Waals surface area contributed by atoms with E-state index in [1.54, 1.807) is 0 Å². The molecule has 0 bridgehead atoms. The van der Waals surface area contributed by atoms with E-state index in [0.717, 1.165) is 18.7 Å². The van der Waals surface area contributed by atoms with Crippen molar-refractivity contribution in [2.75, 3.05) is 18.0 Å². The molecule has 1 unspecified atom stereocenters. The van der Waals surface area contributed by atoms with Crippen LogP contribution in [0.3, 0.4) is 0 Å². The zero-order chi connectivity index (χ0) is 13.1. The van der Waals surface area contributed by atoms with Crippen LogP contribution in [0.4, 0.5) is 5.69 Å².